The number of benzene rings is 1. The molecule has 5 rings (SSSR count). The van der Waals surface area contributed by atoms with Gasteiger partial charge in [-0.1, -0.05) is 0 Å². The molecule has 1 unspecified atom stereocenters. The fraction of sp³-hybridized carbons (Fsp3) is 0.353. The van der Waals surface area contributed by atoms with E-state index in [0.29, 0.717) is 17.3 Å². The summed E-state index contributed by atoms with van der Waals surface area (Å²) in [5, 5.41) is 11.1. The Morgan fingerprint density at radius 1 is 1.32 bits per heavy atom. The normalized spacial score (nSPS) is 22.7. The van der Waals surface area contributed by atoms with Crippen molar-refractivity contribution in [2.24, 2.45) is 0 Å². The van der Waals surface area contributed by atoms with E-state index in [2.05, 4.69) is 25.9 Å². The zero-order valence-electron chi connectivity index (χ0n) is 13.7. The molecule has 0 aliphatic carbocycles. The molecule has 0 bridgehead atoms. The SMILES string of the molecule is COc1cnc2c(ccc3sc4c(c32)NCC2(CCNC2)NC4=O)n1. The van der Waals surface area contributed by atoms with Crippen LogP contribution in [0.25, 0.3) is 21.1 Å². The molecule has 2 aliphatic rings. The molecule has 7 nitrogen and oxygen atoms in total. The van der Waals surface area contributed by atoms with E-state index in [4.69, 9.17) is 4.74 Å². The molecule has 1 fully saturated rings. The van der Waals surface area contributed by atoms with Crippen molar-refractivity contribution >= 4 is 44.1 Å². The summed E-state index contributed by atoms with van der Waals surface area (Å²) in [4.78, 5) is 22.6. The summed E-state index contributed by atoms with van der Waals surface area (Å²) < 4.78 is 6.20. The smallest absolute Gasteiger partial charge is 0.264 e. The number of rotatable bonds is 1. The quantitative estimate of drug-likeness (QED) is 0.616. The summed E-state index contributed by atoms with van der Waals surface area (Å²) in [5.74, 6) is 0.467. The van der Waals surface area contributed by atoms with Gasteiger partial charge in [-0.25, -0.2) is 9.97 Å². The van der Waals surface area contributed by atoms with Gasteiger partial charge in [0.05, 0.1) is 35.6 Å². The van der Waals surface area contributed by atoms with Crippen molar-refractivity contribution in [3.05, 3.63) is 23.2 Å². The summed E-state index contributed by atoms with van der Waals surface area (Å²) in [6, 6.07) is 3.91. The van der Waals surface area contributed by atoms with Crippen LogP contribution in [0.4, 0.5) is 5.69 Å². The summed E-state index contributed by atoms with van der Waals surface area (Å²) >= 11 is 1.49. The molecule has 4 heterocycles. The summed E-state index contributed by atoms with van der Waals surface area (Å²) in [6.07, 6.45) is 2.54. The second-order valence-corrected chi connectivity index (χ2v) is 7.59. The average molecular weight is 355 g/mol. The predicted molar refractivity (Wildman–Crippen MR) is 97.6 cm³/mol. The van der Waals surface area contributed by atoms with E-state index in [1.165, 1.54) is 11.3 Å². The van der Waals surface area contributed by atoms with E-state index in [1.54, 1.807) is 13.3 Å². The summed E-state index contributed by atoms with van der Waals surface area (Å²) in [7, 11) is 1.58. The maximum Gasteiger partial charge on any atom is 0.264 e. The Labute approximate surface area is 147 Å². The van der Waals surface area contributed by atoms with Gasteiger partial charge >= 0.3 is 0 Å². The number of hydrogen-bond acceptors (Lipinski definition) is 7. The van der Waals surface area contributed by atoms with Gasteiger partial charge in [-0.2, -0.15) is 0 Å². The highest BCUT2D eigenvalue weighted by Gasteiger charge is 2.39. The molecule has 2 aliphatic heterocycles. The van der Waals surface area contributed by atoms with E-state index in [-0.39, 0.29) is 11.4 Å². The first-order chi connectivity index (χ1) is 12.2. The number of ether oxygens (including phenoxy) is 1. The first-order valence-electron chi connectivity index (χ1n) is 8.22. The second kappa shape index (κ2) is 5.27. The van der Waals surface area contributed by atoms with Crippen LogP contribution in [-0.4, -0.2) is 48.2 Å². The topological polar surface area (TPSA) is 88.2 Å². The number of amides is 1. The second-order valence-electron chi connectivity index (χ2n) is 6.54. The van der Waals surface area contributed by atoms with Crippen LogP contribution in [0.15, 0.2) is 18.3 Å². The van der Waals surface area contributed by atoms with Crippen LogP contribution >= 0.6 is 11.3 Å². The minimum atomic E-state index is -0.221. The molecule has 1 amide bonds. The molecule has 1 atom stereocenters. The third-order valence-electron chi connectivity index (χ3n) is 4.98. The number of thiophene rings is 1. The number of carbonyl (C=O) groups is 1. The molecule has 0 radical (unpaired) electrons. The third kappa shape index (κ3) is 2.17. The number of fused-ring (bicyclic) bond motifs is 5. The van der Waals surface area contributed by atoms with E-state index in [9.17, 15) is 4.79 Å². The number of methoxy groups -OCH3 is 1. The number of nitrogens with one attached hydrogen (secondary N) is 3. The summed E-state index contributed by atoms with van der Waals surface area (Å²) in [6.45, 7) is 2.41. The first-order valence-corrected chi connectivity index (χ1v) is 9.04. The Morgan fingerprint density at radius 2 is 2.24 bits per heavy atom. The van der Waals surface area contributed by atoms with Gasteiger partial charge in [0.25, 0.3) is 5.91 Å². The monoisotopic (exact) mass is 355 g/mol. The first kappa shape index (κ1) is 14.9. The minimum Gasteiger partial charge on any atom is -0.480 e. The fourth-order valence-corrected chi connectivity index (χ4v) is 4.76. The Kier molecular flexibility index (Phi) is 3.13. The zero-order chi connectivity index (χ0) is 17.0. The van der Waals surface area contributed by atoms with Gasteiger partial charge in [-0.05, 0) is 25.1 Å². The summed E-state index contributed by atoms with van der Waals surface area (Å²) in [5.41, 5.74) is 2.20. The molecule has 1 saturated heterocycles. The maximum atomic E-state index is 12.8. The Morgan fingerprint density at radius 3 is 3.04 bits per heavy atom. The number of aromatic nitrogens is 2. The van der Waals surface area contributed by atoms with Gasteiger partial charge < -0.3 is 20.7 Å². The van der Waals surface area contributed by atoms with Gasteiger partial charge in [-0.15, -0.1) is 11.3 Å². The molecule has 8 heteroatoms. The van der Waals surface area contributed by atoms with Crippen LogP contribution in [0, 0.1) is 0 Å². The van der Waals surface area contributed by atoms with E-state index in [1.807, 2.05) is 12.1 Å². The lowest BCUT2D eigenvalue weighted by Gasteiger charge is -2.27. The van der Waals surface area contributed by atoms with Crippen LogP contribution in [-0.2, 0) is 0 Å². The van der Waals surface area contributed by atoms with E-state index < -0.39 is 0 Å². The molecule has 2 aromatic heterocycles. The van der Waals surface area contributed by atoms with Crippen LogP contribution < -0.4 is 20.7 Å². The molecule has 0 saturated carbocycles. The third-order valence-corrected chi connectivity index (χ3v) is 6.14. The number of carbonyl (C=O) groups excluding carboxylic acids is 1. The molecule has 3 aromatic rings. The molecular weight excluding hydrogens is 338 g/mol. The highest BCUT2D eigenvalue weighted by atomic mass is 32.1. The largest absolute Gasteiger partial charge is 0.480 e. The van der Waals surface area contributed by atoms with Crippen LogP contribution in [0.1, 0.15) is 16.1 Å². The fourth-order valence-electron chi connectivity index (χ4n) is 3.68. The van der Waals surface area contributed by atoms with Crippen molar-refractivity contribution < 1.29 is 9.53 Å². The maximum absolute atomic E-state index is 12.8. The van der Waals surface area contributed by atoms with Gasteiger partial charge in [-0.3, -0.25) is 4.79 Å². The lowest BCUT2D eigenvalue weighted by Crippen LogP contribution is -2.53. The minimum absolute atomic E-state index is 0.0143. The highest BCUT2D eigenvalue weighted by molar-refractivity contribution is 7.21. The Hall–Kier alpha value is -2.45. The lowest BCUT2D eigenvalue weighted by atomic mass is 9.99. The van der Waals surface area contributed by atoms with Crippen LogP contribution in [0.2, 0.25) is 0 Å². The molecule has 1 aromatic carbocycles. The van der Waals surface area contributed by atoms with E-state index >= 15 is 0 Å². The number of hydrogen-bond donors (Lipinski definition) is 3. The van der Waals surface area contributed by atoms with Crippen molar-refractivity contribution in [2.45, 2.75) is 12.0 Å². The van der Waals surface area contributed by atoms with Crippen LogP contribution in [0.5, 0.6) is 5.88 Å². The molecule has 3 N–H and O–H groups in total. The molecule has 1 spiro atoms. The van der Waals surface area contributed by atoms with Crippen molar-refractivity contribution in [3.8, 4) is 5.88 Å². The van der Waals surface area contributed by atoms with Crippen molar-refractivity contribution in [1.29, 1.82) is 0 Å². The predicted octanol–water partition coefficient (Wildman–Crippen LogP) is 1.74. The van der Waals surface area contributed by atoms with Gasteiger partial charge in [0, 0.05) is 23.2 Å². The van der Waals surface area contributed by atoms with Crippen molar-refractivity contribution in [3.63, 3.8) is 0 Å². The van der Waals surface area contributed by atoms with Gasteiger partial charge in [0.15, 0.2) is 0 Å². The standard InChI is InChI=1S/C17H17N5O2S/c1-24-11-6-19-13-9(21-11)2-3-10-12(13)14-15(25-10)16(23)22-17(8-20-14)4-5-18-7-17/h2-3,6,18,20H,4-5,7-8H2,1H3,(H,22,23). The Bertz CT molecular complexity index is 1010. The Balaban J connectivity index is 1.71. The molecule has 25 heavy (non-hydrogen) atoms. The lowest BCUT2D eigenvalue weighted by molar-refractivity contribution is 0.0919. The number of nitrogens with zero attached hydrogens (tertiary/aromatic N) is 2. The van der Waals surface area contributed by atoms with Gasteiger partial charge in [0.2, 0.25) is 5.88 Å². The zero-order valence-corrected chi connectivity index (χ0v) is 14.5. The van der Waals surface area contributed by atoms with Crippen molar-refractivity contribution in [1.82, 2.24) is 20.6 Å². The highest BCUT2D eigenvalue weighted by Crippen LogP contribution is 2.41. The molecular formula is C17H17N5O2S. The van der Waals surface area contributed by atoms with Gasteiger partial charge in [0.1, 0.15) is 4.88 Å². The van der Waals surface area contributed by atoms with E-state index in [0.717, 1.165) is 46.3 Å². The number of anilines is 1. The van der Waals surface area contributed by atoms with Crippen LogP contribution in [0.3, 0.4) is 0 Å². The van der Waals surface area contributed by atoms with Crippen molar-refractivity contribution in [2.75, 3.05) is 32.1 Å². The average Bonchev–Trinajstić information content (AvgIpc) is 3.21. The molecule has 128 valence electrons.